The predicted octanol–water partition coefficient (Wildman–Crippen LogP) is 3.27. The fourth-order valence-corrected chi connectivity index (χ4v) is 3.89. The van der Waals surface area contributed by atoms with Crippen LogP contribution in [0.25, 0.3) is 0 Å². The second kappa shape index (κ2) is 11.3. The van der Waals surface area contributed by atoms with Crippen LogP contribution in [0.15, 0.2) is 60.7 Å². The Kier molecular flexibility index (Phi) is 8.21. The van der Waals surface area contributed by atoms with Crippen molar-refractivity contribution >= 4 is 17.8 Å². The van der Waals surface area contributed by atoms with E-state index in [0.29, 0.717) is 11.5 Å². The molecule has 0 spiro atoms. The summed E-state index contributed by atoms with van der Waals surface area (Å²) in [4.78, 5) is 37.7. The first-order chi connectivity index (χ1) is 15.0. The van der Waals surface area contributed by atoms with E-state index in [9.17, 15) is 14.4 Å². The third kappa shape index (κ3) is 6.95. The average molecular weight is 423 g/mol. The molecule has 164 valence electrons. The summed E-state index contributed by atoms with van der Waals surface area (Å²) < 4.78 is 5.29. The minimum atomic E-state index is -0.892. The zero-order valence-electron chi connectivity index (χ0n) is 17.9. The van der Waals surface area contributed by atoms with Gasteiger partial charge in [0, 0.05) is 18.0 Å². The fourth-order valence-electron chi connectivity index (χ4n) is 3.89. The van der Waals surface area contributed by atoms with E-state index < -0.39 is 12.0 Å². The molecule has 2 aromatic rings. The van der Waals surface area contributed by atoms with E-state index in [2.05, 4.69) is 17.6 Å². The zero-order chi connectivity index (χ0) is 22.1. The largest absolute Gasteiger partial charge is 0.454 e. The maximum absolute atomic E-state index is 12.8. The Hall–Kier alpha value is -3.15. The Bertz CT molecular complexity index is 870. The van der Waals surface area contributed by atoms with E-state index in [0.717, 1.165) is 24.8 Å². The van der Waals surface area contributed by atoms with Crippen LogP contribution < -0.4 is 10.6 Å². The minimum Gasteiger partial charge on any atom is -0.454 e. The topological polar surface area (TPSA) is 84.5 Å². The highest BCUT2D eigenvalue weighted by atomic mass is 16.5. The van der Waals surface area contributed by atoms with E-state index in [1.165, 1.54) is 6.42 Å². The van der Waals surface area contributed by atoms with Gasteiger partial charge in [-0.05, 0) is 36.5 Å². The smallest absolute Gasteiger partial charge is 0.329 e. The summed E-state index contributed by atoms with van der Waals surface area (Å²) in [5, 5.41) is 5.72. The molecule has 0 bridgehead atoms. The van der Waals surface area contributed by atoms with Crippen LogP contribution in [0.3, 0.4) is 0 Å². The van der Waals surface area contributed by atoms with Crippen molar-refractivity contribution in [3.05, 3.63) is 71.8 Å². The molecule has 1 aliphatic rings. The molecule has 0 saturated heterocycles. The van der Waals surface area contributed by atoms with Crippen LogP contribution >= 0.6 is 0 Å². The van der Waals surface area contributed by atoms with Crippen molar-refractivity contribution in [2.45, 2.75) is 51.1 Å². The maximum atomic E-state index is 12.8. The molecule has 6 nitrogen and oxygen atoms in total. The molecule has 1 aliphatic carbocycles. The molecule has 2 N–H and O–H groups in total. The molecule has 1 fully saturated rings. The second-order valence-corrected chi connectivity index (χ2v) is 8.13. The highest BCUT2D eigenvalue weighted by molar-refractivity contribution is 5.97. The summed E-state index contributed by atoms with van der Waals surface area (Å²) >= 11 is 0. The summed E-state index contributed by atoms with van der Waals surface area (Å²) in [6.45, 7) is 1.78. The van der Waals surface area contributed by atoms with E-state index in [4.69, 9.17) is 4.74 Å². The first kappa shape index (κ1) is 22.5. The van der Waals surface area contributed by atoms with Gasteiger partial charge in [0.25, 0.3) is 11.8 Å². The Morgan fingerprint density at radius 2 is 1.61 bits per heavy atom. The van der Waals surface area contributed by atoms with Crippen molar-refractivity contribution in [3.8, 4) is 0 Å². The molecular weight excluding hydrogens is 392 g/mol. The van der Waals surface area contributed by atoms with Gasteiger partial charge in [0.15, 0.2) is 6.61 Å². The number of rotatable bonds is 8. The monoisotopic (exact) mass is 422 g/mol. The van der Waals surface area contributed by atoms with E-state index >= 15 is 0 Å². The van der Waals surface area contributed by atoms with E-state index in [1.807, 2.05) is 36.4 Å². The van der Waals surface area contributed by atoms with Crippen molar-refractivity contribution in [2.75, 3.05) is 6.61 Å². The Labute approximate surface area is 183 Å². The van der Waals surface area contributed by atoms with Crippen LogP contribution in [0.4, 0.5) is 0 Å². The highest BCUT2D eigenvalue weighted by Gasteiger charge is 2.26. The summed E-state index contributed by atoms with van der Waals surface area (Å²) in [5.41, 5.74) is 1.34. The fraction of sp³-hybridized carbons (Fsp3) is 0.400. The van der Waals surface area contributed by atoms with E-state index in [1.54, 1.807) is 24.3 Å². The minimum absolute atomic E-state index is 0.123. The van der Waals surface area contributed by atoms with Crippen LogP contribution in [0.2, 0.25) is 0 Å². The summed E-state index contributed by atoms with van der Waals surface area (Å²) in [6, 6.07) is 17.3. The summed E-state index contributed by atoms with van der Waals surface area (Å²) in [6.07, 6.45) is 4.60. The molecule has 1 saturated carbocycles. The number of amides is 2. The summed E-state index contributed by atoms with van der Waals surface area (Å²) in [5.74, 6) is -0.872. The second-order valence-electron chi connectivity index (χ2n) is 8.13. The molecule has 2 amide bonds. The highest BCUT2D eigenvalue weighted by Crippen LogP contribution is 2.23. The Morgan fingerprint density at radius 3 is 2.29 bits per heavy atom. The van der Waals surface area contributed by atoms with Crippen molar-refractivity contribution < 1.29 is 19.1 Å². The van der Waals surface area contributed by atoms with Gasteiger partial charge in [-0.3, -0.25) is 9.59 Å². The molecule has 0 aliphatic heterocycles. The van der Waals surface area contributed by atoms with Crippen LogP contribution in [0.5, 0.6) is 0 Å². The third-order valence-corrected chi connectivity index (χ3v) is 5.71. The zero-order valence-corrected chi connectivity index (χ0v) is 17.9. The number of hydrogen-bond donors (Lipinski definition) is 2. The molecule has 0 radical (unpaired) electrons. The van der Waals surface area contributed by atoms with Gasteiger partial charge in [-0.2, -0.15) is 0 Å². The lowest BCUT2D eigenvalue weighted by Gasteiger charge is -2.29. The van der Waals surface area contributed by atoms with Gasteiger partial charge in [-0.15, -0.1) is 0 Å². The Balaban J connectivity index is 1.59. The number of carbonyl (C=O) groups excluding carboxylic acids is 3. The van der Waals surface area contributed by atoms with Crippen molar-refractivity contribution in [2.24, 2.45) is 5.92 Å². The van der Waals surface area contributed by atoms with Gasteiger partial charge in [0.1, 0.15) is 6.04 Å². The SMILES string of the molecule is C[C@@H]1CCCC[C@@H]1NC(=O)COC(=O)[C@@H](Cc1ccccc1)NC(=O)c1ccccc1. The molecule has 0 heterocycles. The standard InChI is InChI=1S/C25H30N2O4/c1-18-10-8-9-15-21(18)26-23(28)17-31-25(30)22(16-19-11-4-2-5-12-19)27-24(29)20-13-6-3-7-14-20/h2-7,11-14,18,21-22H,8-10,15-17H2,1H3,(H,26,28)(H,27,29)/t18-,21+,22-/m1/s1. The van der Waals surface area contributed by atoms with Gasteiger partial charge in [0.2, 0.25) is 0 Å². The van der Waals surface area contributed by atoms with Crippen molar-refractivity contribution in [3.63, 3.8) is 0 Å². The molecule has 2 aromatic carbocycles. The first-order valence-electron chi connectivity index (χ1n) is 10.9. The average Bonchev–Trinajstić information content (AvgIpc) is 2.80. The van der Waals surface area contributed by atoms with Gasteiger partial charge in [-0.1, -0.05) is 68.3 Å². The van der Waals surface area contributed by atoms with Crippen LogP contribution in [0.1, 0.15) is 48.5 Å². The number of nitrogens with one attached hydrogen (secondary N) is 2. The van der Waals surface area contributed by atoms with Crippen LogP contribution in [-0.2, 0) is 20.7 Å². The number of carbonyl (C=O) groups is 3. The molecule has 0 unspecified atom stereocenters. The number of benzene rings is 2. The number of hydrogen-bond acceptors (Lipinski definition) is 4. The van der Waals surface area contributed by atoms with E-state index in [-0.39, 0.29) is 30.9 Å². The van der Waals surface area contributed by atoms with Crippen LogP contribution in [-0.4, -0.2) is 36.5 Å². The van der Waals surface area contributed by atoms with Gasteiger partial charge >= 0.3 is 5.97 Å². The first-order valence-corrected chi connectivity index (χ1v) is 10.9. The Morgan fingerprint density at radius 1 is 0.968 bits per heavy atom. The molecule has 3 rings (SSSR count). The molecule has 0 aromatic heterocycles. The molecular formula is C25H30N2O4. The van der Waals surface area contributed by atoms with Crippen molar-refractivity contribution in [1.29, 1.82) is 0 Å². The lowest BCUT2D eigenvalue weighted by Crippen LogP contribution is -2.46. The number of ether oxygens (including phenoxy) is 1. The molecule has 3 atom stereocenters. The normalized spacial score (nSPS) is 19.1. The lowest BCUT2D eigenvalue weighted by molar-refractivity contribution is -0.150. The number of esters is 1. The van der Waals surface area contributed by atoms with Gasteiger partial charge in [0.05, 0.1) is 0 Å². The third-order valence-electron chi connectivity index (χ3n) is 5.71. The van der Waals surface area contributed by atoms with Crippen molar-refractivity contribution in [1.82, 2.24) is 10.6 Å². The quantitative estimate of drug-likeness (QED) is 0.640. The predicted molar refractivity (Wildman–Crippen MR) is 118 cm³/mol. The van der Waals surface area contributed by atoms with Gasteiger partial charge < -0.3 is 15.4 Å². The molecule has 6 heteroatoms. The maximum Gasteiger partial charge on any atom is 0.329 e. The lowest BCUT2D eigenvalue weighted by atomic mass is 9.86. The van der Waals surface area contributed by atoms with Gasteiger partial charge in [-0.25, -0.2) is 4.79 Å². The van der Waals surface area contributed by atoms with Crippen LogP contribution in [0, 0.1) is 5.92 Å². The molecule has 31 heavy (non-hydrogen) atoms. The summed E-state index contributed by atoms with van der Waals surface area (Å²) in [7, 11) is 0.